The summed E-state index contributed by atoms with van der Waals surface area (Å²) in [5.41, 5.74) is 0. The Bertz CT molecular complexity index is 1410. The molecule has 5 aromatic rings. The molecule has 5 rings (SSSR count). The maximum Gasteiger partial charge on any atom is 0.174 e. The van der Waals surface area contributed by atoms with Gasteiger partial charge >= 0.3 is 0 Å². The molecule has 30 heavy (non-hydrogen) atoms. The van der Waals surface area contributed by atoms with Crippen LogP contribution in [0.5, 0.6) is 0 Å². The Labute approximate surface area is 185 Å². The molecule has 0 amide bonds. The number of fused-ring (bicyclic) bond motifs is 2. The fraction of sp³-hybridized carbons (Fsp3) is 0. The van der Waals surface area contributed by atoms with E-state index in [1.165, 1.54) is 0 Å². The van der Waals surface area contributed by atoms with Crippen LogP contribution in [0.1, 0.15) is 0 Å². The largest absolute Gasteiger partial charge is 0.309 e. The fourth-order valence-electron chi connectivity index (χ4n) is 4.03. The zero-order chi connectivity index (χ0) is 20.7. The Morgan fingerprint density at radius 1 is 0.500 bits per heavy atom. The molecule has 0 atom stereocenters. The molecule has 0 spiro atoms. The van der Waals surface area contributed by atoms with Gasteiger partial charge in [-0.05, 0) is 57.9 Å². The number of rotatable bonds is 3. The Hall–Kier alpha value is -2.57. The molecule has 0 aromatic heterocycles. The lowest BCUT2D eigenvalue weighted by atomic mass is 10.0. The van der Waals surface area contributed by atoms with Gasteiger partial charge in [-0.3, -0.25) is 0 Å². The molecule has 0 bridgehead atoms. The number of hydrogen-bond acceptors (Lipinski definition) is 1. The highest BCUT2D eigenvalue weighted by molar-refractivity contribution is 7.86. The van der Waals surface area contributed by atoms with Crippen molar-refractivity contribution in [2.75, 3.05) is 0 Å². The summed E-state index contributed by atoms with van der Waals surface area (Å²) in [5.74, 6) is 0. The van der Waals surface area contributed by atoms with E-state index in [2.05, 4.69) is 30.3 Å². The van der Waals surface area contributed by atoms with Crippen LogP contribution in [0.2, 0.25) is 10.0 Å². The van der Waals surface area contributed by atoms with Crippen molar-refractivity contribution in [1.29, 1.82) is 0 Å². The predicted octanol–water partition coefficient (Wildman–Crippen LogP) is 6.94. The van der Waals surface area contributed by atoms with Gasteiger partial charge in [-0.2, -0.15) is 0 Å². The molecule has 0 heterocycles. The van der Waals surface area contributed by atoms with Crippen LogP contribution in [0.4, 0.5) is 0 Å². The third kappa shape index (κ3) is 3.06. The van der Waals surface area contributed by atoms with Gasteiger partial charge in [0.2, 0.25) is 0 Å². The fourth-order valence-corrected chi connectivity index (χ4v) is 7.96. The first-order valence-electron chi connectivity index (χ1n) is 9.61. The van der Waals surface area contributed by atoms with E-state index < -0.39 is 7.14 Å². The Morgan fingerprint density at radius 3 is 1.57 bits per heavy atom. The number of halogens is 2. The molecule has 0 aliphatic heterocycles. The van der Waals surface area contributed by atoms with Gasteiger partial charge in [-0.25, -0.2) is 0 Å². The minimum atomic E-state index is -3.34. The lowest BCUT2D eigenvalue weighted by molar-refractivity contribution is 0.592. The van der Waals surface area contributed by atoms with Crippen molar-refractivity contribution < 1.29 is 4.57 Å². The van der Waals surface area contributed by atoms with E-state index in [4.69, 9.17) is 23.2 Å². The van der Waals surface area contributed by atoms with Crippen LogP contribution in [-0.4, -0.2) is 0 Å². The van der Waals surface area contributed by atoms with Gasteiger partial charge in [-0.1, -0.05) is 89.9 Å². The van der Waals surface area contributed by atoms with Gasteiger partial charge < -0.3 is 4.57 Å². The maximum absolute atomic E-state index is 15.0. The summed E-state index contributed by atoms with van der Waals surface area (Å²) in [5, 5.41) is 7.10. The van der Waals surface area contributed by atoms with E-state index in [-0.39, 0.29) is 0 Å². The van der Waals surface area contributed by atoms with E-state index in [0.29, 0.717) is 20.7 Å². The predicted molar refractivity (Wildman–Crippen MR) is 131 cm³/mol. The van der Waals surface area contributed by atoms with Crippen LogP contribution in [0.25, 0.3) is 21.5 Å². The van der Waals surface area contributed by atoms with Gasteiger partial charge in [0.25, 0.3) is 0 Å². The molecule has 0 saturated heterocycles. The first-order valence-corrected chi connectivity index (χ1v) is 12.1. The van der Waals surface area contributed by atoms with Crippen molar-refractivity contribution in [3.8, 4) is 0 Å². The molecule has 0 N–H and O–H groups in total. The van der Waals surface area contributed by atoms with Crippen LogP contribution in [0.15, 0.2) is 103 Å². The maximum atomic E-state index is 15.0. The summed E-state index contributed by atoms with van der Waals surface area (Å²) in [6, 6.07) is 33.0. The van der Waals surface area contributed by atoms with Gasteiger partial charge in [0, 0.05) is 15.9 Å². The summed E-state index contributed by atoms with van der Waals surface area (Å²) in [6.07, 6.45) is 0. The summed E-state index contributed by atoms with van der Waals surface area (Å²) in [6.45, 7) is 0. The smallest absolute Gasteiger partial charge is 0.174 e. The minimum Gasteiger partial charge on any atom is -0.309 e. The number of hydrogen-bond donors (Lipinski definition) is 0. The molecule has 4 heteroatoms. The molecule has 0 aliphatic rings. The second-order valence-corrected chi connectivity index (χ2v) is 10.7. The average Bonchev–Trinajstić information content (AvgIpc) is 2.77. The highest BCUT2D eigenvalue weighted by Crippen LogP contribution is 2.48. The third-order valence-electron chi connectivity index (χ3n) is 5.45. The van der Waals surface area contributed by atoms with E-state index in [9.17, 15) is 0 Å². The quantitative estimate of drug-likeness (QED) is 0.216. The minimum absolute atomic E-state index is 0.471. The second kappa shape index (κ2) is 7.60. The van der Waals surface area contributed by atoms with Crippen molar-refractivity contribution in [2.24, 2.45) is 0 Å². The zero-order valence-corrected chi connectivity index (χ0v) is 18.3. The average molecular weight is 447 g/mol. The highest BCUT2D eigenvalue weighted by Gasteiger charge is 2.34. The van der Waals surface area contributed by atoms with Crippen LogP contribution < -0.4 is 15.9 Å². The van der Waals surface area contributed by atoms with Crippen LogP contribution >= 0.6 is 30.3 Å². The van der Waals surface area contributed by atoms with Crippen molar-refractivity contribution in [2.45, 2.75) is 0 Å². The highest BCUT2D eigenvalue weighted by atomic mass is 35.5. The van der Waals surface area contributed by atoms with E-state index in [1.807, 2.05) is 60.7 Å². The van der Waals surface area contributed by atoms with Crippen LogP contribution in [0.3, 0.4) is 0 Å². The Balaban J connectivity index is 1.93. The van der Waals surface area contributed by atoms with Crippen LogP contribution in [0, 0.1) is 0 Å². The summed E-state index contributed by atoms with van der Waals surface area (Å²) >= 11 is 13.2. The molecule has 0 radical (unpaired) electrons. The van der Waals surface area contributed by atoms with Crippen molar-refractivity contribution in [1.82, 2.24) is 0 Å². The van der Waals surface area contributed by atoms with Gasteiger partial charge in [-0.15, -0.1) is 0 Å². The number of benzene rings is 5. The normalized spacial score (nSPS) is 11.8. The Kier molecular flexibility index (Phi) is 4.91. The Morgan fingerprint density at radius 2 is 0.967 bits per heavy atom. The molecule has 0 unspecified atom stereocenters. The summed E-state index contributed by atoms with van der Waals surface area (Å²) in [4.78, 5) is 0. The van der Waals surface area contributed by atoms with Crippen molar-refractivity contribution in [3.63, 3.8) is 0 Å². The van der Waals surface area contributed by atoms with Crippen molar-refractivity contribution in [3.05, 3.63) is 113 Å². The van der Waals surface area contributed by atoms with E-state index in [1.54, 1.807) is 12.1 Å². The third-order valence-corrected chi connectivity index (χ3v) is 9.57. The first kappa shape index (κ1) is 19.4. The topological polar surface area (TPSA) is 17.1 Å². The summed E-state index contributed by atoms with van der Waals surface area (Å²) < 4.78 is 15.0. The van der Waals surface area contributed by atoms with E-state index in [0.717, 1.165) is 26.8 Å². The lowest BCUT2D eigenvalue weighted by Gasteiger charge is -2.23. The molecule has 0 fully saturated rings. The molecule has 1 nitrogen and oxygen atoms in total. The van der Waals surface area contributed by atoms with Crippen molar-refractivity contribution >= 4 is 67.8 Å². The standard InChI is InChI=1S/C26H17Cl2OP/c27-22-11-3-5-13-25(22)30(29,26-14-6-4-12-23(26)28)24-15-7-10-20-16-18-8-1-2-9-19(18)17-21(20)24/h1-17H. The van der Waals surface area contributed by atoms with Gasteiger partial charge in [0.15, 0.2) is 7.14 Å². The first-order chi connectivity index (χ1) is 14.6. The molecule has 0 saturated carbocycles. The lowest BCUT2D eigenvalue weighted by Crippen LogP contribution is -2.27. The van der Waals surface area contributed by atoms with Gasteiger partial charge in [0.1, 0.15) is 0 Å². The summed E-state index contributed by atoms with van der Waals surface area (Å²) in [7, 11) is -3.34. The molecular formula is C26H17Cl2OP. The second-order valence-electron chi connectivity index (χ2n) is 7.21. The monoisotopic (exact) mass is 446 g/mol. The molecular weight excluding hydrogens is 430 g/mol. The molecule has 0 aliphatic carbocycles. The SMILES string of the molecule is O=P(c1ccccc1Cl)(c1ccccc1Cl)c1cccc2cc3ccccc3cc12. The van der Waals surface area contributed by atoms with Crippen LogP contribution in [-0.2, 0) is 4.57 Å². The van der Waals surface area contributed by atoms with Gasteiger partial charge in [0.05, 0.1) is 10.0 Å². The molecule has 146 valence electrons. The van der Waals surface area contributed by atoms with E-state index >= 15 is 4.57 Å². The zero-order valence-electron chi connectivity index (χ0n) is 15.9. The molecule has 5 aromatic carbocycles.